The fourth-order valence-electron chi connectivity index (χ4n) is 5.36. The largest absolute Gasteiger partial charge is 0.461 e. The van der Waals surface area contributed by atoms with Crippen molar-refractivity contribution in [2.45, 2.75) is 31.2 Å². The van der Waals surface area contributed by atoms with E-state index in [1.165, 1.54) is 31.3 Å². The summed E-state index contributed by atoms with van der Waals surface area (Å²) in [7, 11) is 0. The summed E-state index contributed by atoms with van der Waals surface area (Å²) in [6, 6.07) is 10.2. The zero-order chi connectivity index (χ0) is 21.7. The molecule has 2 aliphatic heterocycles. The van der Waals surface area contributed by atoms with Gasteiger partial charge in [0.15, 0.2) is 5.82 Å². The van der Waals surface area contributed by atoms with Gasteiger partial charge in [-0.1, -0.05) is 30.3 Å². The number of rotatable bonds is 4. The third-order valence-electron chi connectivity index (χ3n) is 6.93. The summed E-state index contributed by atoms with van der Waals surface area (Å²) >= 11 is 0. The highest BCUT2D eigenvalue weighted by molar-refractivity contribution is 5.97. The van der Waals surface area contributed by atoms with Gasteiger partial charge in [-0.05, 0) is 50.2 Å². The van der Waals surface area contributed by atoms with Crippen LogP contribution >= 0.6 is 0 Å². The van der Waals surface area contributed by atoms with Crippen molar-refractivity contribution in [1.82, 2.24) is 19.9 Å². The maximum absolute atomic E-state index is 15.6. The molecule has 162 valence electrons. The number of ether oxygens (including phenoxy) is 1. The lowest BCUT2D eigenvalue weighted by Gasteiger charge is -2.31. The summed E-state index contributed by atoms with van der Waals surface area (Å²) in [5, 5.41) is 1.50. The van der Waals surface area contributed by atoms with Crippen LogP contribution in [0.25, 0.3) is 32.9 Å². The Morgan fingerprint density at radius 2 is 1.69 bits per heavy atom. The maximum atomic E-state index is 15.6. The van der Waals surface area contributed by atoms with Gasteiger partial charge in [-0.25, -0.2) is 13.8 Å². The third kappa shape index (κ3) is 3.03. The van der Waals surface area contributed by atoms with Gasteiger partial charge in [0.2, 0.25) is 0 Å². The Balaban J connectivity index is 1.39. The molecular formula is C25H22F2N4O. The Labute approximate surface area is 184 Å². The number of fused-ring (bicyclic) bond motifs is 3. The summed E-state index contributed by atoms with van der Waals surface area (Å²) in [6.45, 7) is 2.72. The molecule has 0 spiro atoms. The Morgan fingerprint density at radius 3 is 2.50 bits per heavy atom. The van der Waals surface area contributed by atoms with Gasteiger partial charge in [0.25, 0.3) is 0 Å². The number of hydrogen-bond donors (Lipinski definition) is 0. The third-order valence-corrected chi connectivity index (χ3v) is 6.93. The van der Waals surface area contributed by atoms with Crippen LogP contribution < -0.4 is 4.74 Å². The zero-order valence-electron chi connectivity index (χ0n) is 17.5. The van der Waals surface area contributed by atoms with E-state index in [1.807, 2.05) is 0 Å². The second-order valence-electron chi connectivity index (χ2n) is 8.73. The molecule has 0 bridgehead atoms. The standard InChI is InChI=1S/C25H22F2N4O/c26-19-8-2-6-16-5-1-7-18(20(16)19)23-21(27)22-17(13-28-23)14-29-24(30-22)32-15-25-9-3-11-31(25)12-4-10-25/h1-2,5-8,13-14H,3-4,9-12,15H2. The maximum Gasteiger partial charge on any atom is 0.317 e. The van der Waals surface area contributed by atoms with Crippen LogP contribution in [0.5, 0.6) is 6.01 Å². The van der Waals surface area contributed by atoms with Crippen LogP contribution in [0.3, 0.4) is 0 Å². The first-order chi connectivity index (χ1) is 15.6. The molecule has 7 heteroatoms. The van der Waals surface area contributed by atoms with Crippen LogP contribution in [-0.2, 0) is 0 Å². The molecule has 0 atom stereocenters. The second-order valence-corrected chi connectivity index (χ2v) is 8.73. The average Bonchev–Trinajstić information content (AvgIpc) is 3.39. The van der Waals surface area contributed by atoms with Crippen LogP contribution in [0.1, 0.15) is 25.7 Å². The van der Waals surface area contributed by atoms with E-state index in [9.17, 15) is 4.39 Å². The lowest BCUT2D eigenvalue weighted by molar-refractivity contribution is 0.108. The van der Waals surface area contributed by atoms with Gasteiger partial charge in [-0.15, -0.1) is 0 Å². The first kappa shape index (κ1) is 19.5. The van der Waals surface area contributed by atoms with Crippen molar-refractivity contribution >= 4 is 21.7 Å². The lowest BCUT2D eigenvalue weighted by Crippen LogP contribution is -2.43. The second kappa shape index (κ2) is 7.45. The van der Waals surface area contributed by atoms with Crippen LogP contribution in [-0.4, -0.2) is 45.1 Å². The molecule has 0 saturated carbocycles. The van der Waals surface area contributed by atoms with Crippen molar-refractivity contribution < 1.29 is 13.5 Å². The van der Waals surface area contributed by atoms with Gasteiger partial charge >= 0.3 is 6.01 Å². The molecule has 0 radical (unpaired) electrons. The molecule has 0 amide bonds. The zero-order valence-corrected chi connectivity index (χ0v) is 17.5. The van der Waals surface area contributed by atoms with E-state index in [2.05, 4.69) is 19.9 Å². The Morgan fingerprint density at radius 1 is 0.938 bits per heavy atom. The summed E-state index contributed by atoms with van der Waals surface area (Å²) < 4.78 is 36.2. The molecule has 2 aromatic heterocycles. The number of halogens is 2. The first-order valence-corrected chi connectivity index (χ1v) is 11.0. The molecule has 4 aromatic rings. The lowest BCUT2D eigenvalue weighted by atomic mass is 9.95. The van der Waals surface area contributed by atoms with E-state index < -0.39 is 11.6 Å². The highest BCUT2D eigenvalue weighted by atomic mass is 19.1. The minimum absolute atomic E-state index is 0.0563. The van der Waals surface area contributed by atoms with Gasteiger partial charge in [0.1, 0.15) is 23.6 Å². The Hall–Kier alpha value is -3.19. The molecule has 0 N–H and O–H groups in total. The highest BCUT2D eigenvalue weighted by Crippen LogP contribution is 2.39. The number of aromatic nitrogens is 3. The van der Waals surface area contributed by atoms with Gasteiger partial charge in [-0.3, -0.25) is 9.88 Å². The topological polar surface area (TPSA) is 51.1 Å². The number of benzene rings is 2. The summed E-state index contributed by atoms with van der Waals surface area (Å²) in [5.74, 6) is -1.02. The average molecular weight is 432 g/mol. The molecule has 5 nitrogen and oxygen atoms in total. The van der Waals surface area contributed by atoms with Crippen molar-refractivity contribution in [3.63, 3.8) is 0 Å². The molecule has 0 unspecified atom stereocenters. The minimum Gasteiger partial charge on any atom is -0.461 e. The predicted octanol–water partition coefficient (Wildman–Crippen LogP) is 5.13. The van der Waals surface area contributed by atoms with E-state index in [0.717, 1.165) is 25.9 Å². The monoisotopic (exact) mass is 432 g/mol. The Kier molecular flexibility index (Phi) is 4.54. The fraction of sp³-hybridized carbons (Fsp3) is 0.320. The molecule has 2 saturated heterocycles. The molecular weight excluding hydrogens is 410 g/mol. The predicted molar refractivity (Wildman–Crippen MR) is 118 cm³/mol. The van der Waals surface area contributed by atoms with Crippen molar-refractivity contribution in [3.8, 4) is 17.3 Å². The van der Waals surface area contributed by atoms with Gasteiger partial charge < -0.3 is 4.74 Å². The molecule has 6 rings (SSSR count). The smallest absolute Gasteiger partial charge is 0.317 e. The van der Waals surface area contributed by atoms with Crippen LogP contribution in [0, 0.1) is 11.6 Å². The van der Waals surface area contributed by atoms with E-state index >= 15 is 4.39 Å². The van der Waals surface area contributed by atoms with Gasteiger partial charge in [0, 0.05) is 28.7 Å². The van der Waals surface area contributed by atoms with Gasteiger partial charge in [-0.2, -0.15) is 4.98 Å². The van der Waals surface area contributed by atoms with Crippen molar-refractivity contribution in [2.24, 2.45) is 0 Å². The number of nitrogens with zero attached hydrogens (tertiary/aromatic N) is 4. The summed E-state index contributed by atoms with van der Waals surface area (Å²) in [4.78, 5) is 15.4. The van der Waals surface area contributed by atoms with Crippen LogP contribution in [0.2, 0.25) is 0 Å². The van der Waals surface area contributed by atoms with E-state index in [4.69, 9.17) is 4.74 Å². The molecule has 2 aromatic carbocycles. The number of pyridine rings is 1. The quantitative estimate of drug-likeness (QED) is 0.448. The van der Waals surface area contributed by atoms with Crippen molar-refractivity contribution in [3.05, 3.63) is 60.4 Å². The van der Waals surface area contributed by atoms with Crippen LogP contribution in [0.15, 0.2) is 48.8 Å². The normalized spacial score (nSPS) is 17.8. The molecule has 4 heterocycles. The van der Waals surface area contributed by atoms with E-state index in [1.54, 1.807) is 30.3 Å². The molecule has 32 heavy (non-hydrogen) atoms. The van der Waals surface area contributed by atoms with Crippen molar-refractivity contribution in [1.29, 1.82) is 0 Å². The highest BCUT2D eigenvalue weighted by Gasteiger charge is 2.45. The van der Waals surface area contributed by atoms with Crippen molar-refractivity contribution in [2.75, 3.05) is 19.7 Å². The van der Waals surface area contributed by atoms with E-state index in [-0.39, 0.29) is 22.8 Å². The SMILES string of the molecule is Fc1c(-c2cccc3cccc(F)c23)ncc2cnc(OCC34CCCN3CCC4)nc12. The number of hydrogen-bond acceptors (Lipinski definition) is 5. The van der Waals surface area contributed by atoms with Gasteiger partial charge in [0.05, 0.1) is 5.54 Å². The first-order valence-electron chi connectivity index (χ1n) is 11.0. The van der Waals surface area contributed by atoms with E-state index in [0.29, 0.717) is 28.3 Å². The summed E-state index contributed by atoms with van der Waals surface area (Å²) in [6.07, 6.45) is 7.61. The molecule has 2 fully saturated rings. The molecule has 0 aliphatic carbocycles. The Bertz CT molecular complexity index is 1330. The summed E-state index contributed by atoms with van der Waals surface area (Å²) in [5.41, 5.74) is 0.642. The molecule has 2 aliphatic rings. The van der Waals surface area contributed by atoms with Crippen LogP contribution in [0.4, 0.5) is 8.78 Å². The fourth-order valence-corrected chi connectivity index (χ4v) is 5.36. The minimum atomic E-state index is -0.605.